The molecule has 0 aliphatic heterocycles. The van der Waals surface area contributed by atoms with E-state index >= 15 is 0 Å². The Balaban J connectivity index is 2.01. The molecule has 0 saturated heterocycles. The van der Waals surface area contributed by atoms with Crippen molar-refractivity contribution in [3.63, 3.8) is 0 Å². The summed E-state index contributed by atoms with van der Waals surface area (Å²) in [6.07, 6.45) is 1.85. The summed E-state index contributed by atoms with van der Waals surface area (Å²) in [7, 11) is 0. The molecular formula is C17H20FN. The summed E-state index contributed by atoms with van der Waals surface area (Å²) >= 11 is 0. The lowest BCUT2D eigenvalue weighted by atomic mass is 9.99. The third-order valence-corrected chi connectivity index (χ3v) is 3.26. The average molecular weight is 257 g/mol. The van der Waals surface area contributed by atoms with Gasteiger partial charge >= 0.3 is 0 Å². The molecule has 1 atom stereocenters. The lowest BCUT2D eigenvalue weighted by molar-refractivity contribution is 0.514. The van der Waals surface area contributed by atoms with Crippen LogP contribution in [0, 0.1) is 5.82 Å². The summed E-state index contributed by atoms with van der Waals surface area (Å²) in [5, 5.41) is 3.49. The van der Waals surface area contributed by atoms with Crippen LogP contribution in [-0.4, -0.2) is 6.54 Å². The summed E-state index contributed by atoms with van der Waals surface area (Å²) < 4.78 is 13.1. The van der Waals surface area contributed by atoms with Crippen molar-refractivity contribution in [2.24, 2.45) is 0 Å². The summed E-state index contributed by atoms with van der Waals surface area (Å²) in [4.78, 5) is 0. The number of benzene rings is 2. The van der Waals surface area contributed by atoms with E-state index in [9.17, 15) is 4.39 Å². The first kappa shape index (κ1) is 13.8. The number of aryl methyl sites for hydroxylation is 1. The molecule has 19 heavy (non-hydrogen) atoms. The summed E-state index contributed by atoms with van der Waals surface area (Å²) in [6.45, 7) is 3.04. The van der Waals surface area contributed by atoms with Crippen LogP contribution in [0.5, 0.6) is 0 Å². The van der Waals surface area contributed by atoms with Crippen molar-refractivity contribution in [1.82, 2.24) is 5.32 Å². The highest BCUT2D eigenvalue weighted by Gasteiger charge is 2.09. The van der Waals surface area contributed by atoms with Crippen LogP contribution in [0.1, 0.15) is 30.5 Å². The van der Waals surface area contributed by atoms with E-state index in [1.54, 1.807) is 12.1 Å². The van der Waals surface area contributed by atoms with Crippen LogP contribution in [0.15, 0.2) is 54.6 Å². The molecule has 100 valence electrons. The maximum absolute atomic E-state index is 13.1. The summed E-state index contributed by atoms with van der Waals surface area (Å²) in [6, 6.07) is 17.6. The van der Waals surface area contributed by atoms with Crippen molar-refractivity contribution in [1.29, 1.82) is 0 Å². The smallest absolute Gasteiger partial charge is 0.123 e. The first-order chi connectivity index (χ1) is 9.29. The second kappa shape index (κ2) is 7.05. The Morgan fingerprint density at radius 3 is 2.53 bits per heavy atom. The first-order valence-electron chi connectivity index (χ1n) is 6.82. The molecule has 0 spiro atoms. The molecule has 2 heteroatoms. The van der Waals surface area contributed by atoms with Crippen LogP contribution >= 0.6 is 0 Å². The minimum Gasteiger partial charge on any atom is -0.310 e. The number of halogens is 1. The predicted molar refractivity (Wildman–Crippen MR) is 77.6 cm³/mol. The third kappa shape index (κ3) is 4.18. The highest BCUT2D eigenvalue weighted by atomic mass is 19.1. The Morgan fingerprint density at radius 1 is 1.05 bits per heavy atom. The van der Waals surface area contributed by atoms with Gasteiger partial charge in [0.05, 0.1) is 0 Å². The van der Waals surface area contributed by atoms with E-state index < -0.39 is 0 Å². The molecule has 1 N–H and O–H groups in total. The molecule has 1 nitrogen and oxygen atoms in total. The van der Waals surface area contributed by atoms with Gasteiger partial charge in [-0.15, -0.1) is 0 Å². The maximum Gasteiger partial charge on any atom is 0.123 e. The lowest BCUT2D eigenvalue weighted by Gasteiger charge is -2.18. The molecule has 0 amide bonds. The van der Waals surface area contributed by atoms with Crippen LogP contribution in [-0.2, 0) is 6.42 Å². The van der Waals surface area contributed by atoms with Crippen molar-refractivity contribution >= 4 is 0 Å². The fraction of sp³-hybridized carbons (Fsp3) is 0.294. The molecular weight excluding hydrogens is 237 g/mol. The first-order valence-corrected chi connectivity index (χ1v) is 6.82. The molecule has 0 bridgehead atoms. The Kier molecular flexibility index (Phi) is 5.10. The van der Waals surface area contributed by atoms with Gasteiger partial charge in [0.2, 0.25) is 0 Å². The Morgan fingerprint density at radius 2 is 1.84 bits per heavy atom. The zero-order chi connectivity index (χ0) is 13.5. The number of rotatable bonds is 6. The van der Waals surface area contributed by atoms with E-state index in [1.807, 2.05) is 12.1 Å². The van der Waals surface area contributed by atoms with Gasteiger partial charge < -0.3 is 5.32 Å². The predicted octanol–water partition coefficient (Wildman–Crippen LogP) is 4.11. The van der Waals surface area contributed by atoms with Crippen molar-refractivity contribution in [3.05, 3.63) is 71.5 Å². The SMILES string of the molecule is CCNC(CCc1cccc(F)c1)c1ccccc1. The Bertz CT molecular complexity index is 496. The second-order valence-corrected chi connectivity index (χ2v) is 4.69. The molecule has 0 fully saturated rings. The van der Waals surface area contributed by atoms with E-state index in [2.05, 4.69) is 36.5 Å². The van der Waals surface area contributed by atoms with Gasteiger partial charge in [-0.25, -0.2) is 4.39 Å². The molecule has 0 radical (unpaired) electrons. The molecule has 1 unspecified atom stereocenters. The lowest BCUT2D eigenvalue weighted by Crippen LogP contribution is -2.21. The van der Waals surface area contributed by atoms with Crippen LogP contribution in [0.3, 0.4) is 0 Å². The zero-order valence-electron chi connectivity index (χ0n) is 11.3. The minimum atomic E-state index is -0.155. The molecule has 0 saturated carbocycles. The van der Waals surface area contributed by atoms with E-state index in [0.29, 0.717) is 6.04 Å². The largest absolute Gasteiger partial charge is 0.310 e. The maximum atomic E-state index is 13.1. The fourth-order valence-electron chi connectivity index (χ4n) is 2.32. The molecule has 2 aromatic rings. The monoisotopic (exact) mass is 257 g/mol. The molecule has 0 aliphatic rings. The van der Waals surface area contributed by atoms with E-state index in [1.165, 1.54) is 11.6 Å². The van der Waals surface area contributed by atoms with Crippen molar-refractivity contribution in [3.8, 4) is 0 Å². The number of hydrogen-bond acceptors (Lipinski definition) is 1. The van der Waals surface area contributed by atoms with Crippen molar-refractivity contribution < 1.29 is 4.39 Å². The highest BCUT2D eigenvalue weighted by molar-refractivity contribution is 5.21. The van der Waals surface area contributed by atoms with Gasteiger partial charge in [0.1, 0.15) is 5.82 Å². The van der Waals surface area contributed by atoms with Gasteiger partial charge in [0.25, 0.3) is 0 Å². The molecule has 2 aromatic carbocycles. The molecule has 0 aliphatic carbocycles. The number of nitrogens with one attached hydrogen (secondary N) is 1. The van der Waals surface area contributed by atoms with Crippen LogP contribution in [0.2, 0.25) is 0 Å². The van der Waals surface area contributed by atoms with E-state index in [4.69, 9.17) is 0 Å². The number of hydrogen-bond donors (Lipinski definition) is 1. The van der Waals surface area contributed by atoms with Gasteiger partial charge in [-0.05, 0) is 42.6 Å². The van der Waals surface area contributed by atoms with Crippen LogP contribution in [0.25, 0.3) is 0 Å². The topological polar surface area (TPSA) is 12.0 Å². The quantitative estimate of drug-likeness (QED) is 0.821. The standard InChI is InChI=1S/C17H20FN/c1-2-19-17(15-8-4-3-5-9-15)12-11-14-7-6-10-16(18)13-14/h3-10,13,17,19H,2,11-12H2,1H3. The van der Waals surface area contributed by atoms with Crippen LogP contribution in [0.4, 0.5) is 4.39 Å². The van der Waals surface area contributed by atoms with Gasteiger partial charge in [-0.2, -0.15) is 0 Å². The average Bonchev–Trinajstić information content (AvgIpc) is 2.44. The normalized spacial score (nSPS) is 12.3. The molecule has 0 heterocycles. The second-order valence-electron chi connectivity index (χ2n) is 4.69. The summed E-state index contributed by atoms with van der Waals surface area (Å²) in [5.74, 6) is -0.155. The fourth-order valence-corrected chi connectivity index (χ4v) is 2.32. The Hall–Kier alpha value is -1.67. The van der Waals surface area contributed by atoms with Crippen molar-refractivity contribution in [2.75, 3.05) is 6.54 Å². The van der Waals surface area contributed by atoms with E-state index in [0.717, 1.165) is 24.9 Å². The highest BCUT2D eigenvalue weighted by Crippen LogP contribution is 2.19. The van der Waals surface area contributed by atoms with Crippen LogP contribution < -0.4 is 5.32 Å². The minimum absolute atomic E-state index is 0.155. The Labute approximate surface area is 114 Å². The zero-order valence-corrected chi connectivity index (χ0v) is 11.3. The molecule has 0 aromatic heterocycles. The molecule has 2 rings (SSSR count). The van der Waals surface area contributed by atoms with Gasteiger partial charge in [0, 0.05) is 6.04 Å². The third-order valence-electron chi connectivity index (χ3n) is 3.26. The summed E-state index contributed by atoms with van der Waals surface area (Å²) in [5.41, 5.74) is 2.35. The van der Waals surface area contributed by atoms with Gasteiger partial charge in [-0.3, -0.25) is 0 Å². The van der Waals surface area contributed by atoms with Gasteiger partial charge in [-0.1, -0.05) is 49.4 Å². The van der Waals surface area contributed by atoms with Crippen molar-refractivity contribution in [2.45, 2.75) is 25.8 Å². The van der Waals surface area contributed by atoms with E-state index in [-0.39, 0.29) is 5.82 Å². The van der Waals surface area contributed by atoms with Gasteiger partial charge in [0.15, 0.2) is 0 Å².